The average Bonchev–Trinajstić information content (AvgIpc) is 2.56. The lowest BCUT2D eigenvalue weighted by Crippen LogP contribution is -1.89. The summed E-state index contributed by atoms with van der Waals surface area (Å²) in [4.78, 5) is 8.39. The van der Waals surface area contributed by atoms with Crippen molar-refractivity contribution in [3.05, 3.63) is 67.3 Å². The summed E-state index contributed by atoms with van der Waals surface area (Å²) < 4.78 is 5.33. The molecule has 0 saturated heterocycles. The Morgan fingerprint density at radius 1 is 0.800 bits per heavy atom. The number of pyridine rings is 2. The van der Waals surface area contributed by atoms with E-state index in [1.807, 2.05) is 42.7 Å². The van der Waals surface area contributed by atoms with E-state index in [0.717, 1.165) is 28.0 Å². The minimum atomic E-state index is 0.830. The SMILES string of the molecule is COc1ccc(-c2cccnc2)c(-c2cccnc2)c1. The van der Waals surface area contributed by atoms with Crippen molar-refractivity contribution in [3.63, 3.8) is 0 Å². The Balaban J connectivity index is 2.20. The van der Waals surface area contributed by atoms with E-state index < -0.39 is 0 Å². The van der Waals surface area contributed by atoms with Crippen molar-refractivity contribution >= 4 is 0 Å². The zero-order valence-corrected chi connectivity index (χ0v) is 11.2. The van der Waals surface area contributed by atoms with E-state index in [2.05, 4.69) is 22.1 Å². The minimum Gasteiger partial charge on any atom is -0.497 e. The predicted molar refractivity (Wildman–Crippen MR) is 79.5 cm³/mol. The molecule has 0 aliphatic carbocycles. The second kappa shape index (κ2) is 5.53. The Bertz CT molecular complexity index is 697. The fourth-order valence-corrected chi connectivity index (χ4v) is 2.19. The maximum Gasteiger partial charge on any atom is 0.119 e. The summed E-state index contributed by atoms with van der Waals surface area (Å²) in [6, 6.07) is 14.0. The molecule has 0 amide bonds. The zero-order valence-electron chi connectivity index (χ0n) is 11.2. The first-order valence-corrected chi connectivity index (χ1v) is 6.37. The van der Waals surface area contributed by atoms with Crippen molar-refractivity contribution < 1.29 is 4.74 Å². The molecular weight excluding hydrogens is 248 g/mol. The van der Waals surface area contributed by atoms with E-state index in [9.17, 15) is 0 Å². The van der Waals surface area contributed by atoms with Gasteiger partial charge in [0.2, 0.25) is 0 Å². The molecule has 3 heteroatoms. The Morgan fingerprint density at radius 3 is 2.00 bits per heavy atom. The van der Waals surface area contributed by atoms with Gasteiger partial charge in [0, 0.05) is 35.9 Å². The quantitative estimate of drug-likeness (QED) is 0.719. The molecule has 0 aliphatic heterocycles. The van der Waals surface area contributed by atoms with Crippen LogP contribution >= 0.6 is 0 Å². The van der Waals surface area contributed by atoms with Gasteiger partial charge in [0.05, 0.1) is 7.11 Å². The molecule has 0 atom stereocenters. The third kappa shape index (κ3) is 2.38. The molecule has 3 rings (SSSR count). The van der Waals surface area contributed by atoms with Gasteiger partial charge in [-0.25, -0.2) is 0 Å². The fourth-order valence-electron chi connectivity index (χ4n) is 2.19. The number of hydrogen-bond acceptors (Lipinski definition) is 3. The van der Waals surface area contributed by atoms with Crippen LogP contribution in [-0.2, 0) is 0 Å². The molecule has 0 unspecified atom stereocenters. The standard InChI is InChI=1S/C17H14N2O/c1-20-15-6-7-16(13-4-2-8-18-11-13)17(10-15)14-5-3-9-19-12-14/h2-12H,1H3. The minimum absolute atomic E-state index is 0.830. The number of ether oxygens (including phenoxy) is 1. The summed E-state index contributed by atoms with van der Waals surface area (Å²) in [5.41, 5.74) is 4.34. The maximum atomic E-state index is 5.33. The highest BCUT2D eigenvalue weighted by Crippen LogP contribution is 2.34. The van der Waals surface area contributed by atoms with Gasteiger partial charge in [0.15, 0.2) is 0 Å². The topological polar surface area (TPSA) is 35.0 Å². The Hall–Kier alpha value is -2.68. The van der Waals surface area contributed by atoms with Crippen LogP contribution in [0.3, 0.4) is 0 Å². The molecule has 0 bridgehead atoms. The molecule has 20 heavy (non-hydrogen) atoms. The van der Waals surface area contributed by atoms with Crippen molar-refractivity contribution in [2.75, 3.05) is 7.11 Å². The van der Waals surface area contributed by atoms with Crippen molar-refractivity contribution in [2.24, 2.45) is 0 Å². The van der Waals surface area contributed by atoms with Crippen molar-refractivity contribution in [1.29, 1.82) is 0 Å². The first kappa shape index (κ1) is 12.4. The van der Waals surface area contributed by atoms with Gasteiger partial charge in [-0.1, -0.05) is 18.2 Å². The van der Waals surface area contributed by atoms with Gasteiger partial charge in [-0.15, -0.1) is 0 Å². The highest BCUT2D eigenvalue weighted by Gasteiger charge is 2.09. The number of aromatic nitrogens is 2. The fraction of sp³-hybridized carbons (Fsp3) is 0.0588. The predicted octanol–water partition coefficient (Wildman–Crippen LogP) is 3.82. The van der Waals surface area contributed by atoms with Gasteiger partial charge < -0.3 is 4.74 Å². The number of benzene rings is 1. The Morgan fingerprint density at radius 2 is 1.45 bits per heavy atom. The first-order chi connectivity index (χ1) is 9.88. The van der Waals surface area contributed by atoms with E-state index in [1.54, 1.807) is 19.5 Å². The number of methoxy groups -OCH3 is 1. The summed E-state index contributed by atoms with van der Waals surface area (Å²) in [6.07, 6.45) is 7.26. The summed E-state index contributed by atoms with van der Waals surface area (Å²) in [5.74, 6) is 0.830. The van der Waals surface area contributed by atoms with Crippen LogP contribution in [0.1, 0.15) is 0 Å². The Labute approximate surface area is 117 Å². The third-order valence-electron chi connectivity index (χ3n) is 3.17. The van der Waals surface area contributed by atoms with Crippen molar-refractivity contribution in [2.45, 2.75) is 0 Å². The summed E-state index contributed by atoms with van der Waals surface area (Å²) in [7, 11) is 1.67. The number of hydrogen-bond donors (Lipinski definition) is 0. The molecule has 3 nitrogen and oxygen atoms in total. The highest BCUT2D eigenvalue weighted by atomic mass is 16.5. The van der Waals surface area contributed by atoms with Gasteiger partial charge >= 0.3 is 0 Å². The van der Waals surface area contributed by atoms with E-state index in [4.69, 9.17) is 4.74 Å². The van der Waals surface area contributed by atoms with Crippen LogP contribution in [0, 0.1) is 0 Å². The van der Waals surface area contributed by atoms with E-state index in [1.165, 1.54) is 0 Å². The summed E-state index contributed by atoms with van der Waals surface area (Å²) in [5, 5.41) is 0. The molecule has 2 heterocycles. The van der Waals surface area contributed by atoms with Crippen LogP contribution < -0.4 is 4.74 Å². The average molecular weight is 262 g/mol. The molecule has 98 valence electrons. The highest BCUT2D eigenvalue weighted by molar-refractivity contribution is 5.83. The monoisotopic (exact) mass is 262 g/mol. The van der Waals surface area contributed by atoms with Crippen LogP contribution in [0.15, 0.2) is 67.3 Å². The van der Waals surface area contributed by atoms with E-state index in [0.29, 0.717) is 0 Å². The smallest absolute Gasteiger partial charge is 0.119 e. The molecule has 3 aromatic rings. The lowest BCUT2D eigenvalue weighted by molar-refractivity contribution is 0.415. The number of rotatable bonds is 3. The van der Waals surface area contributed by atoms with Gasteiger partial charge in [-0.3, -0.25) is 9.97 Å². The second-order valence-corrected chi connectivity index (χ2v) is 4.39. The molecule has 0 fully saturated rings. The molecule has 0 spiro atoms. The van der Waals surface area contributed by atoms with Gasteiger partial charge in [0.1, 0.15) is 5.75 Å². The van der Waals surface area contributed by atoms with Crippen LogP contribution in [0.2, 0.25) is 0 Å². The Kier molecular flexibility index (Phi) is 3.42. The lowest BCUT2D eigenvalue weighted by Gasteiger charge is -2.11. The maximum absolute atomic E-state index is 5.33. The van der Waals surface area contributed by atoms with Crippen LogP contribution in [-0.4, -0.2) is 17.1 Å². The van der Waals surface area contributed by atoms with E-state index >= 15 is 0 Å². The lowest BCUT2D eigenvalue weighted by atomic mass is 9.96. The molecule has 0 radical (unpaired) electrons. The zero-order chi connectivity index (χ0) is 13.8. The van der Waals surface area contributed by atoms with Crippen LogP contribution in [0.4, 0.5) is 0 Å². The molecular formula is C17H14N2O. The molecule has 1 aromatic carbocycles. The van der Waals surface area contributed by atoms with E-state index in [-0.39, 0.29) is 0 Å². The van der Waals surface area contributed by atoms with Gasteiger partial charge in [0.25, 0.3) is 0 Å². The number of nitrogens with zero attached hydrogens (tertiary/aromatic N) is 2. The molecule has 2 aromatic heterocycles. The first-order valence-electron chi connectivity index (χ1n) is 6.37. The normalized spacial score (nSPS) is 10.2. The van der Waals surface area contributed by atoms with Gasteiger partial charge in [-0.2, -0.15) is 0 Å². The van der Waals surface area contributed by atoms with Crippen molar-refractivity contribution in [3.8, 4) is 28.0 Å². The summed E-state index contributed by atoms with van der Waals surface area (Å²) >= 11 is 0. The van der Waals surface area contributed by atoms with Crippen LogP contribution in [0.5, 0.6) is 5.75 Å². The molecule has 0 saturated carbocycles. The van der Waals surface area contributed by atoms with Gasteiger partial charge in [-0.05, 0) is 35.4 Å². The second-order valence-electron chi connectivity index (χ2n) is 4.39. The molecule has 0 N–H and O–H groups in total. The van der Waals surface area contributed by atoms with Crippen molar-refractivity contribution in [1.82, 2.24) is 9.97 Å². The summed E-state index contributed by atoms with van der Waals surface area (Å²) in [6.45, 7) is 0. The largest absolute Gasteiger partial charge is 0.497 e. The third-order valence-corrected chi connectivity index (χ3v) is 3.17. The molecule has 0 aliphatic rings. The van der Waals surface area contributed by atoms with Crippen LogP contribution in [0.25, 0.3) is 22.3 Å².